The average Bonchev–Trinajstić information content (AvgIpc) is 2.89. The van der Waals surface area contributed by atoms with Crippen LogP contribution in [-0.4, -0.2) is 31.0 Å². The van der Waals surface area contributed by atoms with Gasteiger partial charge in [-0.2, -0.15) is 13.9 Å². The van der Waals surface area contributed by atoms with Crippen molar-refractivity contribution in [2.24, 2.45) is 10.2 Å². The molecule has 0 bridgehead atoms. The number of carbonyl (C=O) groups excluding carboxylic acids is 1. The van der Waals surface area contributed by atoms with Crippen LogP contribution in [0.5, 0.6) is 5.75 Å². The van der Waals surface area contributed by atoms with Crippen molar-refractivity contribution in [1.29, 1.82) is 0 Å². The lowest BCUT2D eigenvalue weighted by Crippen LogP contribution is -2.30. The number of ether oxygens (including phenoxy) is 1. The third-order valence-corrected chi connectivity index (χ3v) is 3.70. The predicted octanol–water partition coefficient (Wildman–Crippen LogP) is 3.64. The van der Waals surface area contributed by atoms with Gasteiger partial charge in [-0.3, -0.25) is 4.79 Å². The van der Waals surface area contributed by atoms with Gasteiger partial charge in [-0.05, 0) is 18.2 Å². The van der Waals surface area contributed by atoms with Crippen LogP contribution >= 0.6 is 0 Å². The van der Waals surface area contributed by atoms with Crippen LogP contribution in [0, 0.1) is 0 Å². The van der Waals surface area contributed by atoms with Crippen LogP contribution < -0.4 is 9.64 Å². The second-order valence-corrected chi connectivity index (χ2v) is 5.33. The topological polar surface area (TPSA) is 54.3 Å². The number of hydrogen-bond donors (Lipinski definition) is 0. The minimum absolute atomic E-state index is 0.0158. The molecule has 5 nitrogen and oxygen atoms in total. The standard InChI is InChI=1S/C19H15F2N3O2/c1-2-11-24-15-9-5-4-8-14(15)17(18(24)25)23-22-12-13-7-3-6-10-16(13)26-19(20)21/h2-10,12,19H,1,11H2/b22-12-,23-17-. The predicted molar refractivity (Wildman–Crippen MR) is 96.2 cm³/mol. The van der Waals surface area contributed by atoms with Gasteiger partial charge in [0, 0.05) is 17.7 Å². The Bertz CT molecular complexity index is 894. The largest absolute Gasteiger partial charge is 0.434 e. The Kier molecular flexibility index (Phi) is 5.17. The molecular weight excluding hydrogens is 340 g/mol. The van der Waals surface area contributed by atoms with E-state index < -0.39 is 6.61 Å². The molecule has 0 aromatic heterocycles. The Hall–Kier alpha value is -3.35. The molecule has 0 fully saturated rings. The van der Waals surface area contributed by atoms with Crippen molar-refractivity contribution in [3.8, 4) is 5.75 Å². The SMILES string of the molecule is C=CCN1C(=O)/C(=N\N=C/c2ccccc2OC(F)F)c2ccccc21. The van der Waals surface area contributed by atoms with Gasteiger partial charge >= 0.3 is 6.61 Å². The molecule has 1 heterocycles. The summed E-state index contributed by atoms with van der Waals surface area (Å²) in [7, 11) is 0. The molecule has 0 spiro atoms. The van der Waals surface area contributed by atoms with E-state index in [9.17, 15) is 13.6 Å². The molecular formula is C19H15F2N3O2. The number of amides is 1. The zero-order valence-corrected chi connectivity index (χ0v) is 13.7. The lowest BCUT2D eigenvalue weighted by molar-refractivity contribution is -0.112. The zero-order valence-electron chi connectivity index (χ0n) is 13.7. The molecule has 0 radical (unpaired) electrons. The Morgan fingerprint density at radius 3 is 2.65 bits per heavy atom. The quantitative estimate of drug-likeness (QED) is 0.451. The minimum atomic E-state index is -2.94. The first-order valence-corrected chi connectivity index (χ1v) is 7.79. The molecule has 0 atom stereocenters. The molecule has 0 aliphatic carbocycles. The third kappa shape index (κ3) is 3.51. The van der Waals surface area contributed by atoms with E-state index in [-0.39, 0.29) is 17.4 Å². The molecule has 0 saturated carbocycles. The van der Waals surface area contributed by atoms with Gasteiger partial charge in [-0.1, -0.05) is 36.4 Å². The number of alkyl halides is 2. The molecule has 2 aromatic carbocycles. The number of benzene rings is 2. The van der Waals surface area contributed by atoms with E-state index in [1.807, 2.05) is 12.1 Å². The lowest BCUT2D eigenvalue weighted by Gasteiger charge is -2.13. The van der Waals surface area contributed by atoms with Crippen molar-refractivity contribution in [3.05, 3.63) is 72.3 Å². The van der Waals surface area contributed by atoms with Crippen molar-refractivity contribution < 1.29 is 18.3 Å². The Labute approximate surface area is 148 Å². The van der Waals surface area contributed by atoms with Crippen LogP contribution in [0.1, 0.15) is 11.1 Å². The number of fused-ring (bicyclic) bond motifs is 1. The first kappa shape index (κ1) is 17.5. The number of halogens is 2. The summed E-state index contributed by atoms with van der Waals surface area (Å²) in [5.41, 5.74) is 1.91. The maximum absolute atomic E-state index is 12.6. The molecule has 3 rings (SSSR count). The van der Waals surface area contributed by atoms with Crippen LogP contribution in [0.3, 0.4) is 0 Å². The van der Waals surface area contributed by atoms with E-state index >= 15 is 0 Å². The summed E-state index contributed by atoms with van der Waals surface area (Å²) < 4.78 is 29.3. The number of rotatable bonds is 6. The molecule has 2 aromatic rings. The zero-order chi connectivity index (χ0) is 18.5. The first-order chi connectivity index (χ1) is 12.6. The molecule has 0 unspecified atom stereocenters. The normalized spacial score (nSPS) is 15.1. The molecule has 7 heteroatoms. The number of nitrogens with zero attached hydrogens (tertiary/aromatic N) is 3. The number of anilines is 1. The fraction of sp³-hybridized carbons (Fsp3) is 0.105. The van der Waals surface area contributed by atoms with E-state index in [4.69, 9.17) is 0 Å². The van der Waals surface area contributed by atoms with Crippen LogP contribution in [0.4, 0.5) is 14.5 Å². The Morgan fingerprint density at radius 2 is 1.88 bits per heavy atom. The maximum atomic E-state index is 12.6. The van der Waals surface area contributed by atoms with Crippen LogP contribution in [0.15, 0.2) is 71.4 Å². The van der Waals surface area contributed by atoms with Crippen LogP contribution in [0.2, 0.25) is 0 Å². The van der Waals surface area contributed by atoms with Gasteiger partial charge in [0.15, 0.2) is 5.71 Å². The highest BCUT2D eigenvalue weighted by molar-refractivity contribution is 6.54. The second-order valence-electron chi connectivity index (χ2n) is 5.33. The molecule has 0 N–H and O–H groups in total. The van der Waals surface area contributed by atoms with Gasteiger partial charge in [0.05, 0.1) is 11.9 Å². The van der Waals surface area contributed by atoms with Gasteiger partial charge < -0.3 is 9.64 Å². The highest BCUT2D eigenvalue weighted by atomic mass is 19.3. The Morgan fingerprint density at radius 1 is 1.15 bits per heavy atom. The summed E-state index contributed by atoms with van der Waals surface area (Å²) in [6.07, 6.45) is 2.90. The smallest absolute Gasteiger partial charge is 0.387 e. The molecule has 1 aliphatic heterocycles. The van der Waals surface area contributed by atoms with Crippen molar-refractivity contribution in [2.75, 3.05) is 11.4 Å². The summed E-state index contributed by atoms with van der Waals surface area (Å²) in [4.78, 5) is 14.1. The molecule has 1 aliphatic rings. The molecule has 1 amide bonds. The van der Waals surface area contributed by atoms with Crippen molar-refractivity contribution in [1.82, 2.24) is 0 Å². The average molecular weight is 355 g/mol. The molecule has 26 heavy (non-hydrogen) atoms. The molecule has 132 valence electrons. The number of carbonyl (C=O) groups is 1. The van der Waals surface area contributed by atoms with Crippen molar-refractivity contribution >= 4 is 23.5 Å². The lowest BCUT2D eigenvalue weighted by atomic mass is 10.1. The van der Waals surface area contributed by atoms with Gasteiger partial charge in [-0.15, -0.1) is 11.7 Å². The minimum Gasteiger partial charge on any atom is -0.434 e. The van der Waals surface area contributed by atoms with Crippen molar-refractivity contribution in [2.45, 2.75) is 6.61 Å². The summed E-state index contributed by atoms with van der Waals surface area (Å²) in [6.45, 7) is 1.07. The van der Waals surface area contributed by atoms with E-state index in [1.54, 1.807) is 41.3 Å². The van der Waals surface area contributed by atoms with Gasteiger partial charge in [0.2, 0.25) is 0 Å². The fourth-order valence-corrected chi connectivity index (χ4v) is 2.61. The van der Waals surface area contributed by atoms with Gasteiger partial charge in [0.25, 0.3) is 5.91 Å². The van der Waals surface area contributed by atoms with Gasteiger partial charge in [-0.25, -0.2) is 0 Å². The second kappa shape index (κ2) is 7.69. The maximum Gasteiger partial charge on any atom is 0.387 e. The number of hydrogen-bond acceptors (Lipinski definition) is 4. The summed E-state index contributed by atoms with van der Waals surface area (Å²) >= 11 is 0. The number of para-hydroxylation sites is 2. The Balaban J connectivity index is 1.91. The van der Waals surface area contributed by atoms with Gasteiger partial charge in [0.1, 0.15) is 5.75 Å². The van der Waals surface area contributed by atoms with E-state index in [0.29, 0.717) is 17.7 Å². The third-order valence-electron chi connectivity index (χ3n) is 3.70. The highest BCUT2D eigenvalue weighted by Gasteiger charge is 2.32. The summed E-state index contributed by atoms with van der Waals surface area (Å²) in [6, 6.07) is 13.4. The van der Waals surface area contributed by atoms with E-state index in [1.165, 1.54) is 12.3 Å². The van der Waals surface area contributed by atoms with Crippen LogP contribution in [0.25, 0.3) is 0 Å². The van der Waals surface area contributed by atoms with Crippen LogP contribution in [-0.2, 0) is 4.79 Å². The monoisotopic (exact) mass is 355 g/mol. The molecule has 0 saturated heterocycles. The summed E-state index contributed by atoms with van der Waals surface area (Å²) in [5.74, 6) is -0.307. The fourth-order valence-electron chi connectivity index (χ4n) is 2.61. The van der Waals surface area contributed by atoms with E-state index in [2.05, 4.69) is 21.5 Å². The summed E-state index contributed by atoms with van der Waals surface area (Å²) in [5, 5.41) is 7.91. The van der Waals surface area contributed by atoms with Crippen molar-refractivity contribution in [3.63, 3.8) is 0 Å². The van der Waals surface area contributed by atoms with E-state index in [0.717, 1.165) is 5.69 Å². The highest BCUT2D eigenvalue weighted by Crippen LogP contribution is 2.29. The first-order valence-electron chi connectivity index (χ1n) is 7.79.